The first kappa shape index (κ1) is 10.1. The van der Waals surface area contributed by atoms with Crippen molar-refractivity contribution < 1.29 is 5.11 Å². The van der Waals surface area contributed by atoms with Crippen LogP contribution in [0, 0.1) is 6.92 Å². The minimum atomic E-state index is -0.707. The number of rotatable bonds is 4. The molecule has 1 aliphatic carbocycles. The Balaban J connectivity index is 2.02. The number of aliphatic hydroxyl groups is 1. The van der Waals surface area contributed by atoms with Crippen LogP contribution in [0.15, 0.2) is 11.4 Å². The lowest BCUT2D eigenvalue weighted by Gasteiger charge is -2.23. The maximum atomic E-state index is 10.3. The Morgan fingerprint density at radius 1 is 1.64 bits per heavy atom. The van der Waals surface area contributed by atoms with Crippen LogP contribution in [0.25, 0.3) is 0 Å². The highest BCUT2D eigenvalue weighted by Gasteiger charge is 2.29. The number of hydrogen-bond acceptors (Lipinski definition) is 3. The van der Waals surface area contributed by atoms with E-state index in [2.05, 4.69) is 18.3 Å². The van der Waals surface area contributed by atoms with Gasteiger partial charge in [-0.15, -0.1) is 11.3 Å². The van der Waals surface area contributed by atoms with Crippen LogP contribution in [0.1, 0.15) is 30.2 Å². The van der Waals surface area contributed by atoms with E-state index in [0.29, 0.717) is 12.6 Å². The maximum Gasteiger partial charge on any atom is 0.109 e. The average Bonchev–Trinajstić information content (AvgIpc) is 2.85. The van der Waals surface area contributed by atoms with E-state index in [9.17, 15) is 5.11 Å². The monoisotopic (exact) mass is 211 g/mol. The molecule has 1 aromatic rings. The van der Waals surface area contributed by atoms with Crippen LogP contribution < -0.4 is 5.32 Å². The van der Waals surface area contributed by atoms with E-state index >= 15 is 0 Å². The Morgan fingerprint density at radius 3 is 2.86 bits per heavy atom. The molecule has 0 bridgehead atoms. The van der Waals surface area contributed by atoms with Crippen molar-refractivity contribution in [1.82, 2.24) is 5.32 Å². The van der Waals surface area contributed by atoms with Gasteiger partial charge in [0, 0.05) is 17.5 Å². The third-order valence-electron chi connectivity index (χ3n) is 2.66. The summed E-state index contributed by atoms with van der Waals surface area (Å²) in [6.45, 7) is 4.61. The van der Waals surface area contributed by atoms with Crippen LogP contribution in [0.3, 0.4) is 0 Å². The minimum Gasteiger partial charge on any atom is -0.383 e. The molecule has 0 saturated heterocycles. The van der Waals surface area contributed by atoms with Crippen LogP contribution in [-0.2, 0) is 5.60 Å². The fourth-order valence-corrected chi connectivity index (χ4v) is 2.62. The molecule has 1 heterocycles. The fourth-order valence-electron chi connectivity index (χ4n) is 1.64. The normalized spacial score (nSPS) is 20.8. The molecule has 0 amide bonds. The minimum absolute atomic E-state index is 0.654. The first-order valence-electron chi connectivity index (χ1n) is 5.10. The van der Waals surface area contributed by atoms with Gasteiger partial charge in [-0.3, -0.25) is 0 Å². The fraction of sp³-hybridized carbons (Fsp3) is 0.636. The largest absolute Gasteiger partial charge is 0.383 e. The second-order valence-corrected chi connectivity index (χ2v) is 5.28. The number of nitrogens with one attached hydrogen (secondary N) is 1. The molecule has 1 fully saturated rings. The average molecular weight is 211 g/mol. The molecule has 2 rings (SSSR count). The first-order chi connectivity index (χ1) is 6.59. The van der Waals surface area contributed by atoms with Gasteiger partial charge in [0.15, 0.2) is 0 Å². The summed E-state index contributed by atoms with van der Waals surface area (Å²) in [5.74, 6) is 0. The standard InChI is InChI=1S/C11H17NOS/c1-8-5-6-14-10(8)11(2,13)7-12-9-3-4-9/h5-6,9,12-13H,3-4,7H2,1-2H3. The second kappa shape index (κ2) is 3.65. The van der Waals surface area contributed by atoms with Crippen molar-refractivity contribution in [2.45, 2.75) is 38.3 Å². The summed E-state index contributed by atoms with van der Waals surface area (Å²) in [6, 6.07) is 2.72. The van der Waals surface area contributed by atoms with Gasteiger partial charge in [0.25, 0.3) is 0 Å². The predicted octanol–water partition coefficient (Wildman–Crippen LogP) is 2.02. The molecule has 1 aliphatic rings. The zero-order valence-electron chi connectivity index (χ0n) is 8.71. The SMILES string of the molecule is Cc1ccsc1C(C)(O)CNC1CC1. The molecule has 78 valence electrons. The topological polar surface area (TPSA) is 32.3 Å². The van der Waals surface area contributed by atoms with Crippen LogP contribution in [0.2, 0.25) is 0 Å². The number of aryl methyl sites for hydroxylation is 1. The Labute approximate surface area is 89.0 Å². The van der Waals surface area contributed by atoms with E-state index in [0.717, 1.165) is 4.88 Å². The van der Waals surface area contributed by atoms with E-state index < -0.39 is 5.60 Å². The van der Waals surface area contributed by atoms with Gasteiger partial charge in [-0.1, -0.05) is 0 Å². The van der Waals surface area contributed by atoms with Gasteiger partial charge in [-0.05, 0) is 43.7 Å². The van der Waals surface area contributed by atoms with E-state index in [1.807, 2.05) is 12.3 Å². The van der Waals surface area contributed by atoms with Crippen molar-refractivity contribution >= 4 is 11.3 Å². The van der Waals surface area contributed by atoms with E-state index in [1.165, 1.54) is 18.4 Å². The van der Waals surface area contributed by atoms with Gasteiger partial charge < -0.3 is 10.4 Å². The van der Waals surface area contributed by atoms with Gasteiger partial charge in [-0.25, -0.2) is 0 Å². The van der Waals surface area contributed by atoms with E-state index in [4.69, 9.17) is 0 Å². The quantitative estimate of drug-likeness (QED) is 0.798. The molecule has 2 N–H and O–H groups in total. The summed E-state index contributed by atoms with van der Waals surface area (Å²) in [4.78, 5) is 1.09. The van der Waals surface area contributed by atoms with Gasteiger partial charge >= 0.3 is 0 Å². The zero-order chi connectivity index (χ0) is 10.2. The van der Waals surface area contributed by atoms with Crippen molar-refractivity contribution in [3.8, 4) is 0 Å². The van der Waals surface area contributed by atoms with E-state index in [-0.39, 0.29) is 0 Å². The highest BCUT2D eigenvalue weighted by Crippen LogP contribution is 2.29. The van der Waals surface area contributed by atoms with Crippen molar-refractivity contribution in [3.63, 3.8) is 0 Å². The highest BCUT2D eigenvalue weighted by molar-refractivity contribution is 7.10. The molecule has 2 nitrogen and oxygen atoms in total. The molecule has 0 aromatic carbocycles. The molecule has 0 radical (unpaired) electrons. The molecule has 1 atom stereocenters. The van der Waals surface area contributed by atoms with Crippen LogP contribution in [0.4, 0.5) is 0 Å². The molecule has 0 spiro atoms. The molecule has 1 saturated carbocycles. The Kier molecular flexibility index (Phi) is 2.64. The molecule has 1 unspecified atom stereocenters. The lowest BCUT2D eigenvalue weighted by molar-refractivity contribution is 0.0598. The van der Waals surface area contributed by atoms with Crippen molar-refractivity contribution in [3.05, 3.63) is 21.9 Å². The third kappa shape index (κ3) is 2.16. The number of thiophene rings is 1. The van der Waals surface area contributed by atoms with Crippen LogP contribution in [0.5, 0.6) is 0 Å². The van der Waals surface area contributed by atoms with Gasteiger partial charge in [0.05, 0.1) is 0 Å². The summed E-state index contributed by atoms with van der Waals surface area (Å²) in [6.07, 6.45) is 2.53. The lowest BCUT2D eigenvalue weighted by Crippen LogP contribution is -2.36. The molecule has 0 aliphatic heterocycles. The van der Waals surface area contributed by atoms with E-state index in [1.54, 1.807) is 11.3 Å². The van der Waals surface area contributed by atoms with Crippen molar-refractivity contribution in [2.75, 3.05) is 6.54 Å². The van der Waals surface area contributed by atoms with Gasteiger partial charge in [0.2, 0.25) is 0 Å². The molecule has 14 heavy (non-hydrogen) atoms. The summed E-state index contributed by atoms with van der Waals surface area (Å²) >= 11 is 1.64. The smallest absolute Gasteiger partial charge is 0.109 e. The van der Waals surface area contributed by atoms with Crippen molar-refractivity contribution in [2.24, 2.45) is 0 Å². The third-order valence-corrected chi connectivity index (χ3v) is 3.93. The maximum absolute atomic E-state index is 10.3. The Bertz CT molecular complexity index is 315. The van der Waals surface area contributed by atoms with Crippen LogP contribution in [-0.4, -0.2) is 17.7 Å². The number of hydrogen-bond donors (Lipinski definition) is 2. The highest BCUT2D eigenvalue weighted by atomic mass is 32.1. The molecular weight excluding hydrogens is 194 g/mol. The zero-order valence-corrected chi connectivity index (χ0v) is 9.53. The molecule has 1 aromatic heterocycles. The van der Waals surface area contributed by atoms with Gasteiger partial charge in [0.1, 0.15) is 5.60 Å². The Hall–Kier alpha value is -0.380. The summed E-state index contributed by atoms with van der Waals surface area (Å²) in [7, 11) is 0. The Morgan fingerprint density at radius 2 is 2.36 bits per heavy atom. The van der Waals surface area contributed by atoms with Crippen molar-refractivity contribution in [1.29, 1.82) is 0 Å². The first-order valence-corrected chi connectivity index (χ1v) is 5.98. The molecule has 3 heteroatoms. The lowest BCUT2D eigenvalue weighted by atomic mass is 10.0. The predicted molar refractivity (Wildman–Crippen MR) is 59.7 cm³/mol. The molecular formula is C11H17NOS. The van der Waals surface area contributed by atoms with Gasteiger partial charge in [-0.2, -0.15) is 0 Å². The second-order valence-electron chi connectivity index (χ2n) is 4.36. The van der Waals surface area contributed by atoms with Crippen LogP contribution >= 0.6 is 11.3 Å². The summed E-state index contributed by atoms with van der Waals surface area (Å²) < 4.78 is 0. The summed E-state index contributed by atoms with van der Waals surface area (Å²) in [5, 5.41) is 15.7. The summed E-state index contributed by atoms with van der Waals surface area (Å²) in [5.41, 5.74) is 0.485.